The average molecular weight is 552 g/mol. The second-order valence-electron chi connectivity index (χ2n) is 9.19. The van der Waals surface area contributed by atoms with Crippen LogP contribution in [0, 0.1) is 11.3 Å². The Morgan fingerprint density at radius 3 is 1.98 bits per heavy atom. The molecule has 2 N–H and O–H groups in total. The monoisotopic (exact) mass is 551 g/mol. The standard InChI is InChI=1S/C32H29N3O6/c1-39-30(36)24(21-10-6-4-7-11-21)18-20-14-16-23(17-15-20)35-28(32(38)41-3)27(31(37)40-2)26(25(19-33)29(35)34)22-12-8-5-9-13-22/h4-17,24,26H,18,34H2,1-3H3. The quantitative estimate of drug-likeness (QED) is 0.325. The first kappa shape index (κ1) is 28.6. The van der Waals surface area contributed by atoms with Crippen LogP contribution >= 0.6 is 0 Å². The smallest absolute Gasteiger partial charge is 0.355 e. The second kappa shape index (κ2) is 12.7. The molecule has 208 valence electrons. The molecule has 1 aliphatic rings. The van der Waals surface area contributed by atoms with Gasteiger partial charge in [0.15, 0.2) is 0 Å². The van der Waals surface area contributed by atoms with Crippen molar-refractivity contribution in [2.75, 3.05) is 26.2 Å². The SMILES string of the molecule is COC(=O)C1=C(C(=O)OC)N(c2ccc(CC(C(=O)OC)c3ccccc3)cc2)C(N)=C(C#N)C1c1ccccc1. The third kappa shape index (κ3) is 5.68. The minimum atomic E-state index is -0.954. The zero-order chi connectivity index (χ0) is 29.5. The van der Waals surface area contributed by atoms with E-state index in [1.807, 2.05) is 30.3 Å². The van der Waals surface area contributed by atoms with Crippen molar-refractivity contribution in [1.29, 1.82) is 5.26 Å². The summed E-state index contributed by atoms with van der Waals surface area (Å²) in [6.07, 6.45) is 0.356. The Morgan fingerprint density at radius 1 is 0.854 bits per heavy atom. The first-order valence-electron chi connectivity index (χ1n) is 12.7. The van der Waals surface area contributed by atoms with Crippen LogP contribution in [0.3, 0.4) is 0 Å². The summed E-state index contributed by atoms with van der Waals surface area (Å²) in [4.78, 5) is 40.3. The Morgan fingerprint density at radius 2 is 1.44 bits per heavy atom. The van der Waals surface area contributed by atoms with Crippen molar-refractivity contribution in [2.24, 2.45) is 5.73 Å². The lowest BCUT2D eigenvalue weighted by molar-refractivity contribution is -0.142. The van der Waals surface area contributed by atoms with Gasteiger partial charge >= 0.3 is 17.9 Å². The number of ether oxygens (including phenoxy) is 3. The Kier molecular flexibility index (Phi) is 8.85. The van der Waals surface area contributed by atoms with E-state index in [-0.39, 0.29) is 28.6 Å². The number of esters is 3. The van der Waals surface area contributed by atoms with Crippen LogP contribution < -0.4 is 10.6 Å². The molecule has 1 aliphatic heterocycles. The summed E-state index contributed by atoms with van der Waals surface area (Å²) in [7, 11) is 3.74. The molecule has 9 nitrogen and oxygen atoms in total. The molecule has 0 bridgehead atoms. The van der Waals surface area contributed by atoms with Crippen LogP contribution in [-0.4, -0.2) is 39.2 Å². The van der Waals surface area contributed by atoms with Gasteiger partial charge in [-0.1, -0.05) is 72.8 Å². The van der Waals surface area contributed by atoms with E-state index in [1.54, 1.807) is 54.6 Å². The summed E-state index contributed by atoms with van der Waals surface area (Å²) in [5, 5.41) is 10.2. The fourth-order valence-electron chi connectivity index (χ4n) is 4.96. The number of carbonyl (C=O) groups excluding carboxylic acids is 3. The minimum absolute atomic E-state index is 0.0288. The van der Waals surface area contributed by atoms with Gasteiger partial charge in [0.05, 0.1) is 50.4 Å². The number of allylic oxidation sites excluding steroid dienone is 1. The predicted octanol–water partition coefficient (Wildman–Crippen LogP) is 4.08. The van der Waals surface area contributed by atoms with E-state index >= 15 is 0 Å². The molecule has 41 heavy (non-hydrogen) atoms. The second-order valence-corrected chi connectivity index (χ2v) is 9.19. The van der Waals surface area contributed by atoms with Gasteiger partial charge < -0.3 is 19.9 Å². The van der Waals surface area contributed by atoms with E-state index < -0.39 is 23.8 Å². The maximum atomic E-state index is 13.2. The largest absolute Gasteiger partial charge is 0.469 e. The number of anilines is 1. The summed E-state index contributed by atoms with van der Waals surface area (Å²) in [6, 6.07) is 27.2. The van der Waals surface area contributed by atoms with Crippen molar-refractivity contribution in [3.63, 3.8) is 0 Å². The third-order valence-electron chi connectivity index (χ3n) is 6.93. The van der Waals surface area contributed by atoms with Crippen molar-refractivity contribution in [2.45, 2.75) is 18.3 Å². The normalized spacial score (nSPS) is 15.6. The number of methoxy groups -OCH3 is 3. The Bertz CT molecular complexity index is 1540. The first-order valence-corrected chi connectivity index (χ1v) is 12.7. The third-order valence-corrected chi connectivity index (χ3v) is 6.93. The highest BCUT2D eigenvalue weighted by molar-refractivity contribution is 6.06. The molecule has 0 radical (unpaired) electrons. The molecule has 3 aromatic carbocycles. The fourth-order valence-corrected chi connectivity index (χ4v) is 4.96. The van der Waals surface area contributed by atoms with E-state index in [9.17, 15) is 19.6 Å². The van der Waals surface area contributed by atoms with E-state index in [1.165, 1.54) is 26.2 Å². The summed E-state index contributed by atoms with van der Waals surface area (Å²) in [5.41, 5.74) is 9.01. The molecular formula is C32H29N3O6. The van der Waals surface area contributed by atoms with Gasteiger partial charge in [-0.3, -0.25) is 9.69 Å². The first-order chi connectivity index (χ1) is 19.9. The maximum absolute atomic E-state index is 13.2. The molecule has 2 atom stereocenters. The van der Waals surface area contributed by atoms with Gasteiger partial charge in [0, 0.05) is 5.69 Å². The molecule has 0 spiro atoms. The summed E-state index contributed by atoms with van der Waals surface area (Å²) < 4.78 is 15.2. The molecular weight excluding hydrogens is 522 g/mol. The molecule has 9 heteroatoms. The molecule has 0 saturated heterocycles. The number of nitrogens with zero attached hydrogens (tertiary/aromatic N) is 2. The zero-order valence-electron chi connectivity index (χ0n) is 22.9. The van der Waals surface area contributed by atoms with Crippen molar-refractivity contribution < 1.29 is 28.6 Å². The zero-order valence-corrected chi connectivity index (χ0v) is 22.9. The Labute approximate surface area is 238 Å². The summed E-state index contributed by atoms with van der Waals surface area (Å²) in [5.74, 6) is -3.51. The molecule has 0 saturated carbocycles. The number of hydrogen-bond acceptors (Lipinski definition) is 9. The summed E-state index contributed by atoms with van der Waals surface area (Å²) >= 11 is 0. The van der Waals surface area contributed by atoms with E-state index in [0.29, 0.717) is 17.7 Å². The number of nitrogens with two attached hydrogens (primary N) is 1. The lowest BCUT2D eigenvalue weighted by Crippen LogP contribution is -2.40. The van der Waals surface area contributed by atoms with Crippen LogP contribution in [0.15, 0.2) is 108 Å². The van der Waals surface area contributed by atoms with Gasteiger partial charge in [0.25, 0.3) is 0 Å². The molecule has 0 amide bonds. The lowest BCUT2D eigenvalue weighted by Gasteiger charge is -2.36. The topological polar surface area (TPSA) is 132 Å². The van der Waals surface area contributed by atoms with E-state index in [0.717, 1.165) is 11.1 Å². The van der Waals surface area contributed by atoms with E-state index in [4.69, 9.17) is 19.9 Å². The molecule has 4 rings (SSSR count). The number of nitriles is 1. The van der Waals surface area contributed by atoms with Crippen LogP contribution in [0.5, 0.6) is 0 Å². The highest BCUT2D eigenvalue weighted by Crippen LogP contribution is 2.43. The van der Waals surface area contributed by atoms with Gasteiger partial charge in [-0.05, 0) is 35.2 Å². The van der Waals surface area contributed by atoms with Crippen LogP contribution in [0.1, 0.15) is 28.5 Å². The van der Waals surface area contributed by atoms with Crippen molar-refractivity contribution in [3.05, 3.63) is 124 Å². The molecule has 3 aromatic rings. The molecule has 2 unspecified atom stereocenters. The maximum Gasteiger partial charge on any atom is 0.355 e. The van der Waals surface area contributed by atoms with Crippen LogP contribution in [0.4, 0.5) is 5.69 Å². The van der Waals surface area contributed by atoms with Gasteiger partial charge in [-0.15, -0.1) is 0 Å². The average Bonchev–Trinajstić information content (AvgIpc) is 3.03. The Balaban J connectivity index is 1.83. The molecule has 1 heterocycles. The number of hydrogen-bond donors (Lipinski definition) is 1. The highest BCUT2D eigenvalue weighted by Gasteiger charge is 2.43. The Hall–Kier alpha value is -5.36. The van der Waals surface area contributed by atoms with Crippen LogP contribution in [0.25, 0.3) is 0 Å². The van der Waals surface area contributed by atoms with Crippen molar-refractivity contribution in [1.82, 2.24) is 0 Å². The van der Waals surface area contributed by atoms with Crippen LogP contribution in [-0.2, 0) is 35.0 Å². The van der Waals surface area contributed by atoms with Crippen molar-refractivity contribution >= 4 is 23.6 Å². The fraction of sp³-hybridized carbons (Fsp3) is 0.188. The molecule has 0 aromatic heterocycles. The summed E-state index contributed by atoms with van der Waals surface area (Å²) in [6.45, 7) is 0. The molecule has 0 aliphatic carbocycles. The number of benzene rings is 3. The van der Waals surface area contributed by atoms with Gasteiger partial charge in [-0.25, -0.2) is 9.59 Å². The highest BCUT2D eigenvalue weighted by atomic mass is 16.5. The van der Waals surface area contributed by atoms with Gasteiger partial charge in [0.1, 0.15) is 11.5 Å². The minimum Gasteiger partial charge on any atom is -0.469 e. The van der Waals surface area contributed by atoms with Crippen LogP contribution in [0.2, 0.25) is 0 Å². The predicted molar refractivity (Wildman–Crippen MR) is 151 cm³/mol. The number of carbonyl (C=O) groups is 3. The van der Waals surface area contributed by atoms with Gasteiger partial charge in [-0.2, -0.15) is 5.26 Å². The molecule has 0 fully saturated rings. The number of rotatable bonds is 8. The van der Waals surface area contributed by atoms with Crippen molar-refractivity contribution in [3.8, 4) is 6.07 Å². The van der Waals surface area contributed by atoms with Gasteiger partial charge in [0.2, 0.25) is 0 Å². The lowest BCUT2D eigenvalue weighted by atomic mass is 9.81. The van der Waals surface area contributed by atoms with E-state index in [2.05, 4.69) is 6.07 Å².